The van der Waals surface area contributed by atoms with Crippen LogP contribution in [0.3, 0.4) is 0 Å². The van der Waals surface area contributed by atoms with Crippen molar-refractivity contribution < 1.29 is 21.7 Å². The SMILES string of the molecule is CCOS(=O)(=O)[O-].CCc1[nH]cc[n+]1C. The molecule has 0 aliphatic rings. The summed E-state index contributed by atoms with van der Waals surface area (Å²) in [5, 5.41) is 0. The number of H-pyrrole nitrogens is 1. The van der Waals surface area contributed by atoms with Crippen LogP contribution in [-0.2, 0) is 28.1 Å². The third kappa shape index (κ3) is 7.06. The van der Waals surface area contributed by atoms with E-state index < -0.39 is 10.4 Å². The van der Waals surface area contributed by atoms with Crippen LogP contribution in [0.25, 0.3) is 0 Å². The van der Waals surface area contributed by atoms with Crippen LogP contribution < -0.4 is 4.57 Å². The Labute approximate surface area is 89.9 Å². The average molecular weight is 236 g/mol. The van der Waals surface area contributed by atoms with Crippen molar-refractivity contribution in [1.82, 2.24) is 4.98 Å². The Balaban J connectivity index is 0.000000265. The molecule has 1 N–H and O–H groups in total. The van der Waals surface area contributed by atoms with Crippen molar-refractivity contribution in [1.29, 1.82) is 0 Å². The van der Waals surface area contributed by atoms with E-state index in [2.05, 4.69) is 20.7 Å². The molecule has 15 heavy (non-hydrogen) atoms. The first-order chi connectivity index (χ1) is 6.90. The summed E-state index contributed by atoms with van der Waals surface area (Å²) in [5.74, 6) is 1.27. The van der Waals surface area contributed by atoms with Crippen molar-refractivity contribution in [2.75, 3.05) is 6.61 Å². The van der Waals surface area contributed by atoms with Crippen LogP contribution in [0.5, 0.6) is 0 Å². The molecule has 6 nitrogen and oxygen atoms in total. The van der Waals surface area contributed by atoms with Crippen LogP contribution >= 0.6 is 0 Å². The molecule has 0 atom stereocenters. The van der Waals surface area contributed by atoms with Gasteiger partial charge in [0.2, 0.25) is 10.4 Å². The Morgan fingerprint density at radius 3 is 2.27 bits per heavy atom. The van der Waals surface area contributed by atoms with Gasteiger partial charge in [-0.15, -0.1) is 0 Å². The Kier molecular flexibility index (Phi) is 6.14. The van der Waals surface area contributed by atoms with Gasteiger partial charge in [0.15, 0.2) is 0 Å². The van der Waals surface area contributed by atoms with E-state index in [0.29, 0.717) is 0 Å². The van der Waals surface area contributed by atoms with Crippen LogP contribution in [-0.4, -0.2) is 24.6 Å². The predicted molar refractivity (Wildman–Crippen MR) is 52.7 cm³/mol. The molecule has 0 radical (unpaired) electrons. The Morgan fingerprint density at radius 2 is 2.13 bits per heavy atom. The van der Waals surface area contributed by atoms with E-state index in [0.717, 1.165) is 6.42 Å². The van der Waals surface area contributed by atoms with E-state index in [4.69, 9.17) is 0 Å². The molecule has 0 aromatic carbocycles. The van der Waals surface area contributed by atoms with Gasteiger partial charge in [-0.25, -0.2) is 18.0 Å². The quantitative estimate of drug-likeness (QED) is 0.450. The molecule has 1 heterocycles. The van der Waals surface area contributed by atoms with E-state index >= 15 is 0 Å². The molecule has 0 aliphatic heterocycles. The Hall–Kier alpha value is -0.920. The number of hydrogen-bond donors (Lipinski definition) is 1. The van der Waals surface area contributed by atoms with Gasteiger partial charge in [-0.05, 0) is 6.92 Å². The summed E-state index contributed by atoms with van der Waals surface area (Å²) in [6.45, 7) is 3.47. The first-order valence-electron chi connectivity index (χ1n) is 4.52. The summed E-state index contributed by atoms with van der Waals surface area (Å²) in [6.07, 6.45) is 5.03. The first-order valence-corrected chi connectivity index (χ1v) is 5.86. The standard InChI is InChI=1S/C6H10N2.C2H6O4S/c1-3-6-7-4-5-8(6)2;1-2-6-7(3,4)5/h4-5H,3H2,1-2H3;2H2,1H3,(H,3,4,5). The zero-order valence-corrected chi connectivity index (χ0v) is 9.87. The van der Waals surface area contributed by atoms with Crippen molar-refractivity contribution >= 4 is 10.4 Å². The molecule has 0 bridgehead atoms. The van der Waals surface area contributed by atoms with Gasteiger partial charge >= 0.3 is 0 Å². The van der Waals surface area contributed by atoms with Gasteiger partial charge in [-0.2, -0.15) is 0 Å². The number of aromatic nitrogens is 2. The smallest absolute Gasteiger partial charge is 0.253 e. The van der Waals surface area contributed by atoms with Crippen LogP contribution in [0.2, 0.25) is 0 Å². The maximum Gasteiger partial charge on any atom is 0.253 e. The molecule has 7 heteroatoms. The highest BCUT2D eigenvalue weighted by Gasteiger charge is 1.99. The van der Waals surface area contributed by atoms with E-state index in [9.17, 15) is 13.0 Å². The van der Waals surface area contributed by atoms with Gasteiger partial charge in [-0.3, -0.25) is 4.18 Å². The second-order valence-corrected chi connectivity index (χ2v) is 3.74. The van der Waals surface area contributed by atoms with E-state index in [1.54, 1.807) is 0 Å². The number of nitrogens with one attached hydrogen (secondary N) is 1. The van der Waals surface area contributed by atoms with Gasteiger partial charge in [0.1, 0.15) is 12.4 Å². The summed E-state index contributed by atoms with van der Waals surface area (Å²) < 4.78 is 34.1. The third-order valence-electron chi connectivity index (χ3n) is 1.57. The highest BCUT2D eigenvalue weighted by atomic mass is 32.3. The predicted octanol–water partition coefficient (Wildman–Crippen LogP) is -0.115. The number of imidazole rings is 1. The zero-order chi connectivity index (χ0) is 11.9. The minimum absolute atomic E-state index is 0.0914. The number of rotatable bonds is 3. The average Bonchev–Trinajstić information content (AvgIpc) is 2.49. The van der Waals surface area contributed by atoms with E-state index in [1.165, 1.54) is 12.7 Å². The fraction of sp³-hybridized carbons (Fsp3) is 0.625. The molecule has 0 amide bonds. The van der Waals surface area contributed by atoms with Crippen LogP contribution in [0.4, 0.5) is 0 Å². The highest BCUT2D eigenvalue weighted by Crippen LogP contribution is 1.82. The van der Waals surface area contributed by atoms with E-state index in [-0.39, 0.29) is 6.61 Å². The number of aryl methyl sites for hydroxylation is 2. The Morgan fingerprint density at radius 1 is 1.53 bits per heavy atom. The summed E-state index contributed by atoms with van der Waals surface area (Å²) in [4.78, 5) is 3.12. The van der Waals surface area contributed by atoms with Crippen molar-refractivity contribution in [2.24, 2.45) is 7.05 Å². The topological polar surface area (TPSA) is 86.1 Å². The molecule has 0 aliphatic carbocycles. The molecule has 1 aromatic rings. The lowest BCUT2D eigenvalue weighted by atomic mass is 10.5. The molecule has 0 saturated heterocycles. The molecular weight excluding hydrogens is 220 g/mol. The van der Waals surface area contributed by atoms with Gasteiger partial charge in [0, 0.05) is 6.42 Å². The lowest BCUT2D eigenvalue weighted by Crippen LogP contribution is -2.29. The Bertz CT molecular complexity index is 372. The molecule has 0 spiro atoms. The molecule has 0 unspecified atom stereocenters. The van der Waals surface area contributed by atoms with Crippen molar-refractivity contribution in [3.8, 4) is 0 Å². The number of nitrogens with zero attached hydrogens (tertiary/aromatic N) is 1. The molecular formula is C8H16N2O4S. The third-order valence-corrected chi connectivity index (χ3v) is 2.10. The lowest BCUT2D eigenvalue weighted by Gasteiger charge is -2.02. The van der Waals surface area contributed by atoms with Crippen LogP contribution in [0.1, 0.15) is 19.7 Å². The summed E-state index contributed by atoms with van der Waals surface area (Å²) in [7, 11) is -2.39. The first kappa shape index (κ1) is 14.1. The maximum atomic E-state index is 9.45. The van der Waals surface area contributed by atoms with Gasteiger partial charge in [-0.1, -0.05) is 6.92 Å². The van der Waals surface area contributed by atoms with Gasteiger partial charge in [0.05, 0.1) is 13.7 Å². The number of aromatic amines is 1. The van der Waals surface area contributed by atoms with Crippen molar-refractivity contribution in [2.45, 2.75) is 20.3 Å². The fourth-order valence-electron chi connectivity index (χ4n) is 0.933. The van der Waals surface area contributed by atoms with Gasteiger partial charge < -0.3 is 4.55 Å². The largest absolute Gasteiger partial charge is 0.726 e. The monoisotopic (exact) mass is 236 g/mol. The van der Waals surface area contributed by atoms with E-state index in [1.807, 2.05) is 19.4 Å². The van der Waals surface area contributed by atoms with Crippen molar-refractivity contribution in [3.63, 3.8) is 0 Å². The minimum Gasteiger partial charge on any atom is -0.726 e. The summed E-state index contributed by atoms with van der Waals surface area (Å²) in [6, 6.07) is 0. The second kappa shape index (κ2) is 6.54. The zero-order valence-electron chi connectivity index (χ0n) is 9.06. The fourth-order valence-corrected chi connectivity index (χ4v) is 1.22. The molecule has 1 aromatic heterocycles. The molecule has 1 rings (SSSR count). The summed E-state index contributed by atoms with van der Waals surface area (Å²) in [5.41, 5.74) is 0. The molecule has 88 valence electrons. The minimum atomic E-state index is -4.42. The number of hydrogen-bond acceptors (Lipinski definition) is 4. The highest BCUT2D eigenvalue weighted by molar-refractivity contribution is 7.80. The summed E-state index contributed by atoms with van der Waals surface area (Å²) >= 11 is 0. The van der Waals surface area contributed by atoms with Crippen LogP contribution in [0, 0.1) is 0 Å². The lowest BCUT2D eigenvalue weighted by molar-refractivity contribution is -0.677. The van der Waals surface area contributed by atoms with Crippen molar-refractivity contribution in [3.05, 3.63) is 18.2 Å². The second-order valence-electron chi connectivity index (χ2n) is 2.69. The van der Waals surface area contributed by atoms with Gasteiger partial charge in [0.25, 0.3) is 5.82 Å². The molecule has 0 saturated carbocycles. The maximum absolute atomic E-state index is 9.45. The normalized spacial score (nSPS) is 10.7. The van der Waals surface area contributed by atoms with Crippen LogP contribution in [0.15, 0.2) is 12.4 Å². The molecule has 0 fully saturated rings.